The number of aromatic nitrogens is 1. The van der Waals surface area contributed by atoms with Gasteiger partial charge in [0, 0.05) is 19.3 Å². The quantitative estimate of drug-likeness (QED) is 0.900. The smallest absolute Gasteiger partial charge is 0.255 e. The molecule has 0 bridgehead atoms. The second-order valence-corrected chi connectivity index (χ2v) is 4.38. The van der Waals surface area contributed by atoms with Gasteiger partial charge in [-0.05, 0) is 18.9 Å². The molecule has 1 aromatic rings. The third-order valence-corrected chi connectivity index (χ3v) is 3.22. The molecular formula is C12H18ClN3O. The lowest BCUT2D eigenvalue weighted by atomic mass is 10.1. The maximum atomic E-state index is 12.2. The van der Waals surface area contributed by atoms with Crippen LogP contribution < -0.4 is 5.73 Å². The molecule has 1 rings (SSSR count). The van der Waals surface area contributed by atoms with Gasteiger partial charge in [0.05, 0.1) is 10.6 Å². The van der Waals surface area contributed by atoms with Crippen LogP contribution in [0, 0.1) is 0 Å². The Labute approximate surface area is 107 Å². The fourth-order valence-electron chi connectivity index (χ4n) is 1.81. The van der Waals surface area contributed by atoms with Crippen molar-refractivity contribution in [3.63, 3.8) is 0 Å². The molecular weight excluding hydrogens is 238 g/mol. The van der Waals surface area contributed by atoms with Crippen molar-refractivity contribution in [1.82, 2.24) is 9.88 Å². The van der Waals surface area contributed by atoms with Gasteiger partial charge < -0.3 is 10.6 Å². The molecule has 0 spiro atoms. The first-order chi connectivity index (χ1) is 8.01. The van der Waals surface area contributed by atoms with E-state index in [1.165, 1.54) is 12.3 Å². The van der Waals surface area contributed by atoms with Gasteiger partial charge in [0.25, 0.3) is 5.91 Å². The van der Waals surface area contributed by atoms with Crippen LogP contribution in [0.15, 0.2) is 12.3 Å². The average Bonchev–Trinajstić information content (AvgIpc) is 2.32. The van der Waals surface area contributed by atoms with Gasteiger partial charge in [0.15, 0.2) is 0 Å². The number of nitrogens with zero attached hydrogens (tertiary/aromatic N) is 2. The maximum absolute atomic E-state index is 12.2. The van der Waals surface area contributed by atoms with Gasteiger partial charge in [-0.1, -0.05) is 25.4 Å². The van der Waals surface area contributed by atoms with Crippen LogP contribution in [-0.4, -0.2) is 28.9 Å². The number of rotatable bonds is 4. The first kappa shape index (κ1) is 13.8. The van der Waals surface area contributed by atoms with Crippen LogP contribution in [0.1, 0.15) is 37.0 Å². The summed E-state index contributed by atoms with van der Waals surface area (Å²) in [5, 5.41) is 0.335. The van der Waals surface area contributed by atoms with Crippen LogP contribution >= 0.6 is 11.6 Å². The van der Waals surface area contributed by atoms with Crippen LogP contribution in [0.3, 0.4) is 0 Å². The van der Waals surface area contributed by atoms with Gasteiger partial charge in [0.1, 0.15) is 5.82 Å². The van der Waals surface area contributed by atoms with Gasteiger partial charge in [-0.15, -0.1) is 0 Å². The highest BCUT2D eigenvalue weighted by atomic mass is 35.5. The molecule has 94 valence electrons. The molecule has 0 unspecified atom stereocenters. The summed E-state index contributed by atoms with van der Waals surface area (Å²) in [6.45, 7) is 4.11. The zero-order chi connectivity index (χ0) is 13.0. The predicted molar refractivity (Wildman–Crippen MR) is 70.1 cm³/mol. The molecule has 0 radical (unpaired) electrons. The third kappa shape index (κ3) is 3.09. The Morgan fingerprint density at radius 1 is 1.53 bits per heavy atom. The van der Waals surface area contributed by atoms with Gasteiger partial charge in [-0.2, -0.15) is 0 Å². The van der Waals surface area contributed by atoms with Crippen molar-refractivity contribution in [3.8, 4) is 0 Å². The molecule has 1 aromatic heterocycles. The van der Waals surface area contributed by atoms with Crippen LogP contribution in [0.2, 0.25) is 5.02 Å². The predicted octanol–water partition coefficient (Wildman–Crippen LogP) is 2.58. The lowest BCUT2D eigenvalue weighted by Crippen LogP contribution is -2.36. The molecule has 0 aliphatic carbocycles. The van der Waals surface area contributed by atoms with E-state index >= 15 is 0 Å². The fourth-order valence-corrected chi connectivity index (χ4v) is 2.00. The number of amides is 1. The molecule has 0 saturated heterocycles. The van der Waals surface area contributed by atoms with E-state index in [-0.39, 0.29) is 11.9 Å². The minimum Gasteiger partial charge on any atom is -0.384 e. The van der Waals surface area contributed by atoms with Crippen LogP contribution in [-0.2, 0) is 0 Å². The summed E-state index contributed by atoms with van der Waals surface area (Å²) in [5.74, 6) is 0.188. The lowest BCUT2D eigenvalue weighted by Gasteiger charge is -2.26. The zero-order valence-electron chi connectivity index (χ0n) is 10.4. The Balaban J connectivity index is 2.99. The van der Waals surface area contributed by atoms with Crippen LogP contribution in [0.25, 0.3) is 0 Å². The van der Waals surface area contributed by atoms with E-state index in [4.69, 9.17) is 17.3 Å². The number of hydrogen-bond donors (Lipinski definition) is 1. The highest BCUT2D eigenvalue weighted by Gasteiger charge is 2.20. The third-order valence-electron chi connectivity index (χ3n) is 2.92. The molecule has 1 amide bonds. The van der Waals surface area contributed by atoms with E-state index in [1.807, 2.05) is 0 Å². The van der Waals surface area contributed by atoms with Gasteiger partial charge in [-0.25, -0.2) is 4.98 Å². The van der Waals surface area contributed by atoms with Crippen molar-refractivity contribution in [3.05, 3.63) is 22.8 Å². The molecule has 0 saturated carbocycles. The second kappa shape index (κ2) is 5.87. The first-order valence-electron chi connectivity index (χ1n) is 5.69. The Morgan fingerprint density at radius 2 is 2.12 bits per heavy atom. The van der Waals surface area contributed by atoms with Crippen molar-refractivity contribution < 1.29 is 4.79 Å². The van der Waals surface area contributed by atoms with Crippen molar-refractivity contribution in [2.45, 2.75) is 32.7 Å². The van der Waals surface area contributed by atoms with E-state index in [9.17, 15) is 4.79 Å². The van der Waals surface area contributed by atoms with Crippen LogP contribution in [0.4, 0.5) is 5.82 Å². The number of pyridine rings is 1. The molecule has 0 aliphatic heterocycles. The zero-order valence-corrected chi connectivity index (χ0v) is 11.2. The number of hydrogen-bond acceptors (Lipinski definition) is 3. The summed E-state index contributed by atoms with van der Waals surface area (Å²) < 4.78 is 0. The molecule has 4 nitrogen and oxygen atoms in total. The highest BCUT2D eigenvalue weighted by molar-refractivity contribution is 6.33. The van der Waals surface area contributed by atoms with Crippen molar-refractivity contribution >= 4 is 23.3 Å². The van der Waals surface area contributed by atoms with Crippen molar-refractivity contribution in [2.24, 2.45) is 0 Å². The van der Waals surface area contributed by atoms with E-state index in [0.29, 0.717) is 16.4 Å². The monoisotopic (exact) mass is 255 g/mol. The first-order valence-corrected chi connectivity index (χ1v) is 6.07. The summed E-state index contributed by atoms with van der Waals surface area (Å²) in [7, 11) is 1.78. The minimum atomic E-state index is -0.113. The highest BCUT2D eigenvalue weighted by Crippen LogP contribution is 2.20. The van der Waals surface area contributed by atoms with Gasteiger partial charge in [0.2, 0.25) is 0 Å². The lowest BCUT2D eigenvalue weighted by molar-refractivity contribution is 0.0724. The Hall–Kier alpha value is -1.29. The summed E-state index contributed by atoms with van der Waals surface area (Å²) in [5.41, 5.74) is 5.98. The van der Waals surface area contributed by atoms with E-state index in [2.05, 4.69) is 18.8 Å². The molecule has 0 atom stereocenters. The molecule has 2 N–H and O–H groups in total. The number of nitrogen functional groups attached to an aromatic ring is 1. The topological polar surface area (TPSA) is 59.2 Å². The largest absolute Gasteiger partial charge is 0.384 e. The Morgan fingerprint density at radius 3 is 2.65 bits per heavy atom. The summed E-state index contributed by atoms with van der Waals surface area (Å²) >= 11 is 5.96. The summed E-state index contributed by atoms with van der Waals surface area (Å²) in [6.07, 6.45) is 3.23. The van der Waals surface area contributed by atoms with E-state index < -0.39 is 0 Å². The average molecular weight is 256 g/mol. The van der Waals surface area contributed by atoms with E-state index in [0.717, 1.165) is 12.8 Å². The molecule has 0 aromatic carbocycles. The molecule has 0 aliphatic rings. The van der Waals surface area contributed by atoms with Crippen molar-refractivity contribution in [2.75, 3.05) is 12.8 Å². The number of nitrogens with two attached hydrogens (primary N) is 1. The second-order valence-electron chi connectivity index (χ2n) is 3.98. The Bertz CT molecular complexity index is 405. The number of carbonyl (C=O) groups excluding carboxylic acids is 1. The van der Waals surface area contributed by atoms with Crippen molar-refractivity contribution in [1.29, 1.82) is 0 Å². The number of anilines is 1. The van der Waals surface area contributed by atoms with Crippen LogP contribution in [0.5, 0.6) is 0 Å². The summed E-state index contributed by atoms with van der Waals surface area (Å²) in [4.78, 5) is 17.8. The van der Waals surface area contributed by atoms with Gasteiger partial charge in [-0.3, -0.25) is 4.79 Å². The molecule has 1 heterocycles. The van der Waals surface area contributed by atoms with Gasteiger partial charge >= 0.3 is 0 Å². The normalized spacial score (nSPS) is 10.6. The minimum absolute atomic E-state index is 0.113. The molecule has 0 fully saturated rings. The Kier molecular flexibility index (Phi) is 4.75. The summed E-state index contributed by atoms with van der Waals surface area (Å²) in [6, 6.07) is 1.73. The maximum Gasteiger partial charge on any atom is 0.255 e. The molecule has 5 heteroatoms. The fraction of sp³-hybridized carbons (Fsp3) is 0.500. The van der Waals surface area contributed by atoms with E-state index in [1.54, 1.807) is 11.9 Å². The standard InChI is InChI=1S/C12H18ClN3O/c1-4-8(5-2)16(3)12(17)9-6-11(14)15-7-10(9)13/h6-8H,4-5H2,1-3H3,(H2,14,15). The number of halogens is 1. The molecule has 17 heavy (non-hydrogen) atoms. The number of carbonyl (C=O) groups is 1. The SMILES string of the molecule is CCC(CC)N(C)C(=O)c1cc(N)ncc1Cl.